The van der Waals surface area contributed by atoms with E-state index < -0.39 is 77.7 Å². The second kappa shape index (κ2) is 22.3. The molecule has 4 heterocycles. The number of aromatic nitrogens is 1. The molecular formula is C48H62N14O6. The van der Waals surface area contributed by atoms with E-state index >= 15 is 4.79 Å². The third-order valence-corrected chi connectivity index (χ3v) is 12.8. The Morgan fingerprint density at radius 1 is 0.588 bits per heavy atom. The summed E-state index contributed by atoms with van der Waals surface area (Å²) >= 11 is 0. The van der Waals surface area contributed by atoms with Crippen LogP contribution in [0.5, 0.6) is 0 Å². The van der Waals surface area contributed by atoms with Gasteiger partial charge in [-0.3, -0.25) is 38.8 Å². The van der Waals surface area contributed by atoms with Crippen LogP contribution in [-0.4, -0.2) is 124 Å². The fraction of sp³-hybridized carbons (Fsp3) is 0.417. The van der Waals surface area contributed by atoms with Crippen molar-refractivity contribution in [2.45, 2.75) is 107 Å². The molecule has 360 valence electrons. The van der Waals surface area contributed by atoms with Crippen LogP contribution in [0.4, 0.5) is 0 Å². The molecule has 20 heteroatoms. The molecule has 20 nitrogen and oxygen atoms in total. The Bertz CT molecular complexity index is 2520. The molecule has 7 rings (SSSR count). The van der Waals surface area contributed by atoms with Gasteiger partial charge in [-0.15, -0.1) is 0 Å². The van der Waals surface area contributed by atoms with Gasteiger partial charge in [-0.05, 0) is 66.8 Å². The highest BCUT2D eigenvalue weighted by atomic mass is 16.2. The quantitative estimate of drug-likeness (QED) is 0.0454. The summed E-state index contributed by atoms with van der Waals surface area (Å²) in [4.78, 5) is 103. The number of nitrogens with two attached hydrogens (primary N) is 5. The summed E-state index contributed by atoms with van der Waals surface area (Å²) in [5.41, 5.74) is 32.8. The standard InChI is InChI=1S/C48H62N14O6/c49-32-24-40-46(68)61-26-30-14-5-4-13-29(30)23-39(61)44(66)57-35(18-10-20-55-48(52)53)41(63)59-37(21-28-11-2-1-3-12-28)42(64)60-38(22-31-25-56-34-16-7-6-15-33(31)34)43(65)58-36(45(67)62(40)27-32)17-8-9-19-54-47(50)51/h1-7,11-16,25,32,35-40,56H,8-10,17-24,26-27,49H2,(H,57,66)(H,58,65)(H,59,63)(H,60,64)(H4,50,51,54)(H4,52,53,55)/t32-,35-,36-,37+,38-,39-,40+/m0/s1. The summed E-state index contributed by atoms with van der Waals surface area (Å²) in [5.74, 6) is -3.89. The van der Waals surface area contributed by atoms with Gasteiger partial charge in [0.2, 0.25) is 35.4 Å². The highest BCUT2D eigenvalue weighted by Crippen LogP contribution is 2.29. The van der Waals surface area contributed by atoms with Crippen molar-refractivity contribution in [3.05, 3.63) is 107 Å². The Labute approximate surface area is 394 Å². The summed E-state index contributed by atoms with van der Waals surface area (Å²) in [5, 5.41) is 12.5. The highest BCUT2D eigenvalue weighted by Gasteiger charge is 2.46. The van der Waals surface area contributed by atoms with Crippen molar-refractivity contribution in [2.24, 2.45) is 38.7 Å². The first-order chi connectivity index (χ1) is 32.7. The van der Waals surface area contributed by atoms with E-state index in [1.165, 1.54) is 9.80 Å². The van der Waals surface area contributed by atoms with Crippen LogP contribution >= 0.6 is 0 Å². The van der Waals surface area contributed by atoms with Crippen molar-refractivity contribution >= 4 is 58.3 Å². The van der Waals surface area contributed by atoms with Crippen LogP contribution in [-0.2, 0) is 54.6 Å². The number of fused-ring (bicyclic) bond motifs is 4. The van der Waals surface area contributed by atoms with Gasteiger partial charge in [0.15, 0.2) is 11.9 Å². The van der Waals surface area contributed by atoms with Gasteiger partial charge in [-0.1, -0.05) is 72.8 Å². The smallest absolute Gasteiger partial charge is 0.246 e. The number of guanidine groups is 2. The lowest BCUT2D eigenvalue weighted by Crippen LogP contribution is -2.63. The van der Waals surface area contributed by atoms with Gasteiger partial charge in [-0.2, -0.15) is 0 Å². The summed E-state index contributed by atoms with van der Waals surface area (Å²) in [6, 6.07) is 16.3. The Hall–Kier alpha value is -7.48. The molecule has 0 spiro atoms. The molecule has 2 fully saturated rings. The number of nitrogens with one attached hydrogen (secondary N) is 5. The topological polar surface area (TPSA) is 328 Å². The van der Waals surface area contributed by atoms with Crippen LogP contribution in [0.15, 0.2) is 95.0 Å². The summed E-state index contributed by atoms with van der Waals surface area (Å²) in [7, 11) is 0. The highest BCUT2D eigenvalue weighted by molar-refractivity contribution is 5.99. The van der Waals surface area contributed by atoms with Crippen molar-refractivity contribution in [3.63, 3.8) is 0 Å². The van der Waals surface area contributed by atoms with Crippen molar-refractivity contribution in [3.8, 4) is 0 Å². The van der Waals surface area contributed by atoms with Crippen molar-refractivity contribution in [1.82, 2.24) is 36.1 Å². The number of carbonyl (C=O) groups excluding carboxylic acids is 6. The van der Waals surface area contributed by atoms with Crippen molar-refractivity contribution in [1.29, 1.82) is 0 Å². The number of hydrogen-bond donors (Lipinski definition) is 10. The number of amides is 6. The maximum absolute atomic E-state index is 15.0. The summed E-state index contributed by atoms with van der Waals surface area (Å²) in [6.07, 6.45) is 3.31. The van der Waals surface area contributed by atoms with Crippen LogP contribution in [0.2, 0.25) is 0 Å². The second-order valence-electron chi connectivity index (χ2n) is 17.7. The Morgan fingerprint density at radius 2 is 1.18 bits per heavy atom. The van der Waals surface area contributed by atoms with Crippen LogP contribution in [0.3, 0.4) is 0 Å². The zero-order valence-corrected chi connectivity index (χ0v) is 37.9. The summed E-state index contributed by atoms with van der Waals surface area (Å²) < 4.78 is 0. The first-order valence-electron chi connectivity index (χ1n) is 23.1. The van der Waals surface area contributed by atoms with E-state index in [1.54, 1.807) is 18.3 Å². The number of nitrogens with zero attached hydrogens (tertiary/aromatic N) is 4. The average molecular weight is 931 g/mol. The number of hydrogen-bond acceptors (Lipinski definition) is 9. The van der Waals surface area contributed by atoms with Gasteiger partial charge >= 0.3 is 0 Å². The van der Waals surface area contributed by atoms with Gasteiger partial charge in [0.05, 0.1) is 0 Å². The molecule has 3 aliphatic rings. The SMILES string of the molecule is NC(N)=NCCCC[C@@H]1NC(=O)[C@H](Cc2c[nH]c3ccccc23)NC(=O)[C@@H](Cc2ccccc2)NC(=O)[C@H](CCCN=C(N)N)NC(=O)[C@@H]2Cc3ccccc3CN2C(=O)[C@H]2C[C@H](N)CN2C1=O. The van der Waals surface area contributed by atoms with E-state index in [2.05, 4.69) is 36.2 Å². The fourth-order valence-corrected chi connectivity index (χ4v) is 9.30. The molecule has 0 aliphatic carbocycles. The van der Waals surface area contributed by atoms with E-state index in [9.17, 15) is 24.0 Å². The predicted molar refractivity (Wildman–Crippen MR) is 257 cm³/mol. The van der Waals surface area contributed by atoms with E-state index in [0.29, 0.717) is 24.0 Å². The molecule has 7 atom stereocenters. The van der Waals surface area contributed by atoms with Gasteiger partial charge < -0.3 is 64.7 Å². The molecule has 3 aromatic carbocycles. The molecule has 3 aliphatic heterocycles. The maximum Gasteiger partial charge on any atom is 0.246 e. The van der Waals surface area contributed by atoms with Gasteiger partial charge in [0, 0.05) is 68.6 Å². The number of unbranched alkanes of at least 4 members (excludes halogenated alkanes) is 1. The number of rotatable bonds is 13. The number of aliphatic imine (C=N–C) groups is 2. The van der Waals surface area contributed by atoms with Gasteiger partial charge in [0.25, 0.3) is 0 Å². The molecule has 2 saturated heterocycles. The average Bonchev–Trinajstić information content (AvgIpc) is 3.93. The van der Waals surface area contributed by atoms with Crippen LogP contribution in [0, 0.1) is 0 Å². The van der Waals surface area contributed by atoms with Crippen LogP contribution < -0.4 is 49.9 Å². The molecule has 0 radical (unpaired) electrons. The van der Waals surface area contributed by atoms with Gasteiger partial charge in [-0.25, -0.2) is 0 Å². The lowest BCUT2D eigenvalue weighted by atomic mass is 9.92. The first kappa shape index (κ1) is 48.5. The number of carbonyl (C=O) groups is 6. The number of benzene rings is 3. The summed E-state index contributed by atoms with van der Waals surface area (Å²) in [6.45, 7) is 0.469. The molecule has 0 saturated carbocycles. The molecule has 0 bridgehead atoms. The molecule has 15 N–H and O–H groups in total. The number of aromatic amines is 1. The molecular weight excluding hydrogens is 869 g/mol. The normalized spacial score (nSPS) is 23.8. The lowest BCUT2D eigenvalue weighted by molar-refractivity contribution is -0.150. The minimum Gasteiger partial charge on any atom is -0.370 e. The molecule has 4 aromatic rings. The lowest BCUT2D eigenvalue weighted by Gasteiger charge is -2.40. The Kier molecular flexibility index (Phi) is 15.9. The zero-order valence-electron chi connectivity index (χ0n) is 37.9. The van der Waals surface area contributed by atoms with Crippen molar-refractivity contribution < 1.29 is 28.8 Å². The van der Waals surface area contributed by atoms with E-state index in [4.69, 9.17) is 28.7 Å². The Morgan fingerprint density at radius 3 is 1.90 bits per heavy atom. The molecule has 68 heavy (non-hydrogen) atoms. The minimum atomic E-state index is -1.27. The van der Waals surface area contributed by atoms with Crippen molar-refractivity contribution in [2.75, 3.05) is 19.6 Å². The van der Waals surface area contributed by atoms with Crippen LogP contribution in [0.1, 0.15) is 60.8 Å². The number of para-hydroxylation sites is 1. The van der Waals surface area contributed by atoms with Gasteiger partial charge in [0.1, 0.15) is 36.3 Å². The molecule has 1 aromatic heterocycles. The van der Waals surface area contributed by atoms with E-state index in [1.807, 2.05) is 66.7 Å². The predicted octanol–water partition coefficient (Wildman–Crippen LogP) is -0.715. The fourth-order valence-electron chi connectivity index (χ4n) is 9.30. The third kappa shape index (κ3) is 12.1. The zero-order chi connectivity index (χ0) is 48.3. The first-order valence-corrected chi connectivity index (χ1v) is 23.1. The molecule has 6 amide bonds. The molecule has 0 unspecified atom stereocenters. The number of H-pyrrole nitrogens is 1. The largest absolute Gasteiger partial charge is 0.370 e. The second-order valence-corrected chi connectivity index (χ2v) is 17.7. The van der Waals surface area contributed by atoms with Crippen LogP contribution in [0.25, 0.3) is 10.9 Å². The van der Waals surface area contributed by atoms with E-state index in [0.717, 1.165) is 22.0 Å². The Balaban J connectivity index is 1.31. The maximum atomic E-state index is 15.0. The monoisotopic (exact) mass is 930 g/mol. The third-order valence-electron chi connectivity index (χ3n) is 12.8. The van der Waals surface area contributed by atoms with E-state index in [-0.39, 0.29) is 83.0 Å². The minimum absolute atomic E-state index is 0.00398.